The third-order valence-corrected chi connectivity index (χ3v) is 7.94. The molecule has 2 amide bonds. The van der Waals surface area contributed by atoms with Gasteiger partial charge < -0.3 is 10.1 Å². The minimum atomic E-state index is -3.58. The van der Waals surface area contributed by atoms with Gasteiger partial charge in [0.1, 0.15) is 11.3 Å². The highest BCUT2D eigenvalue weighted by molar-refractivity contribution is 7.86. The van der Waals surface area contributed by atoms with E-state index in [9.17, 15) is 18.0 Å². The van der Waals surface area contributed by atoms with Gasteiger partial charge in [0.15, 0.2) is 11.5 Å². The standard InChI is InChI=1S/C24H26ClN7O6S/c1-13(16-5-4-8-26-20(16)25)37-23(34)29-21-19(30-31-32(21)2)17-7-6-15(12-27-17)28-22(33)24-9-14(10-24)18(11-24)38-39(3,35)36/h4-8,12-14,18H,9-11H2,1-3H3,(H,28,33)(H,29,34)/t13-,14?,18-,24?/m1/s1. The molecule has 3 fully saturated rings. The number of aromatic nitrogens is 5. The van der Waals surface area contributed by atoms with Crippen LogP contribution in [0.4, 0.5) is 16.3 Å². The topological polar surface area (TPSA) is 167 Å². The van der Waals surface area contributed by atoms with Gasteiger partial charge in [-0.3, -0.25) is 19.3 Å². The molecule has 3 aliphatic rings. The molecule has 3 aliphatic carbocycles. The zero-order valence-electron chi connectivity index (χ0n) is 21.3. The zero-order valence-corrected chi connectivity index (χ0v) is 22.9. The minimum Gasteiger partial charge on any atom is -0.441 e. The van der Waals surface area contributed by atoms with E-state index in [2.05, 4.69) is 30.9 Å². The van der Waals surface area contributed by atoms with Crippen molar-refractivity contribution in [2.45, 2.75) is 38.4 Å². The van der Waals surface area contributed by atoms with Gasteiger partial charge in [-0.2, -0.15) is 8.42 Å². The van der Waals surface area contributed by atoms with E-state index in [-0.39, 0.29) is 22.8 Å². The zero-order chi connectivity index (χ0) is 27.9. The van der Waals surface area contributed by atoms with Gasteiger partial charge in [0.25, 0.3) is 10.1 Å². The lowest BCUT2D eigenvalue weighted by Gasteiger charge is -2.36. The number of carbonyl (C=O) groups is 2. The maximum absolute atomic E-state index is 13.0. The van der Waals surface area contributed by atoms with Crippen LogP contribution in [0.1, 0.15) is 37.9 Å². The van der Waals surface area contributed by atoms with E-state index >= 15 is 0 Å². The van der Waals surface area contributed by atoms with Crippen molar-refractivity contribution in [1.82, 2.24) is 25.0 Å². The van der Waals surface area contributed by atoms with Crippen molar-refractivity contribution in [2.24, 2.45) is 18.4 Å². The van der Waals surface area contributed by atoms with E-state index in [1.165, 1.54) is 10.9 Å². The van der Waals surface area contributed by atoms with Gasteiger partial charge in [-0.15, -0.1) is 5.10 Å². The fourth-order valence-electron chi connectivity index (χ4n) is 5.13. The summed E-state index contributed by atoms with van der Waals surface area (Å²) in [6.45, 7) is 1.67. The summed E-state index contributed by atoms with van der Waals surface area (Å²) >= 11 is 6.09. The van der Waals surface area contributed by atoms with Crippen LogP contribution in [-0.4, -0.2) is 57.7 Å². The maximum atomic E-state index is 13.0. The Morgan fingerprint density at radius 3 is 2.62 bits per heavy atom. The van der Waals surface area contributed by atoms with Crippen molar-refractivity contribution in [3.05, 3.63) is 47.4 Å². The summed E-state index contributed by atoms with van der Waals surface area (Å²) in [5.41, 5.74) is 1.10. The van der Waals surface area contributed by atoms with Crippen molar-refractivity contribution in [2.75, 3.05) is 16.9 Å². The van der Waals surface area contributed by atoms with E-state index in [0.717, 1.165) is 6.26 Å². The lowest BCUT2D eigenvalue weighted by Crippen LogP contribution is -2.40. The van der Waals surface area contributed by atoms with E-state index in [1.807, 2.05) is 0 Å². The highest BCUT2D eigenvalue weighted by Gasteiger charge is 2.61. The van der Waals surface area contributed by atoms with Crippen molar-refractivity contribution in [3.8, 4) is 11.4 Å². The Hall–Kier alpha value is -3.62. The number of fused-ring (bicyclic) bond motifs is 1. The third kappa shape index (κ3) is 5.58. The number of rotatable bonds is 8. The Labute approximate surface area is 229 Å². The van der Waals surface area contributed by atoms with Crippen molar-refractivity contribution in [3.63, 3.8) is 0 Å². The number of carbonyl (C=O) groups excluding carboxylic acids is 2. The maximum Gasteiger partial charge on any atom is 0.413 e. The summed E-state index contributed by atoms with van der Waals surface area (Å²) in [7, 11) is -1.98. The van der Waals surface area contributed by atoms with Crippen molar-refractivity contribution < 1.29 is 26.9 Å². The van der Waals surface area contributed by atoms with Crippen LogP contribution in [-0.2, 0) is 30.9 Å². The number of hydrogen-bond acceptors (Lipinski definition) is 10. The number of anilines is 2. The number of aryl methyl sites for hydroxylation is 1. The molecule has 0 aromatic carbocycles. The van der Waals surface area contributed by atoms with Gasteiger partial charge in [0.2, 0.25) is 5.91 Å². The summed E-state index contributed by atoms with van der Waals surface area (Å²) in [6.07, 6.45) is 3.69. The summed E-state index contributed by atoms with van der Waals surface area (Å²) in [6, 6.07) is 6.71. The lowest BCUT2D eigenvalue weighted by atomic mass is 9.69. The molecule has 2 bridgehead atoms. The number of amides is 2. The van der Waals surface area contributed by atoms with Gasteiger partial charge in [0.05, 0.1) is 35.4 Å². The molecule has 2 N–H and O–H groups in total. The molecule has 0 saturated heterocycles. The highest BCUT2D eigenvalue weighted by Crippen LogP contribution is 2.60. The molecule has 0 aliphatic heterocycles. The molecule has 3 heterocycles. The Morgan fingerprint density at radius 2 is 1.95 bits per heavy atom. The average molecular weight is 576 g/mol. The molecule has 3 aromatic rings. The largest absolute Gasteiger partial charge is 0.441 e. The van der Waals surface area contributed by atoms with Crippen LogP contribution in [0.15, 0.2) is 36.7 Å². The fraction of sp³-hybridized carbons (Fsp3) is 0.417. The molecule has 13 nitrogen and oxygen atoms in total. The first-order chi connectivity index (χ1) is 18.4. The van der Waals surface area contributed by atoms with Crippen LogP contribution >= 0.6 is 11.6 Å². The molecule has 2 atom stereocenters. The molecule has 0 unspecified atom stereocenters. The number of ether oxygens (including phenoxy) is 1. The normalized spacial score (nSPS) is 22.6. The van der Waals surface area contributed by atoms with E-state index in [1.54, 1.807) is 44.4 Å². The molecule has 3 saturated carbocycles. The minimum absolute atomic E-state index is 0.0598. The van der Waals surface area contributed by atoms with Crippen LogP contribution < -0.4 is 10.6 Å². The predicted molar refractivity (Wildman–Crippen MR) is 140 cm³/mol. The molecular weight excluding hydrogens is 550 g/mol. The smallest absolute Gasteiger partial charge is 0.413 e. The van der Waals surface area contributed by atoms with Crippen LogP contribution in [0, 0.1) is 11.3 Å². The van der Waals surface area contributed by atoms with Gasteiger partial charge in [-0.25, -0.2) is 14.5 Å². The van der Waals surface area contributed by atoms with Crippen molar-refractivity contribution in [1.29, 1.82) is 0 Å². The number of halogens is 1. The van der Waals surface area contributed by atoms with Crippen LogP contribution in [0.25, 0.3) is 11.4 Å². The lowest BCUT2D eigenvalue weighted by molar-refractivity contribution is -0.129. The van der Waals surface area contributed by atoms with Gasteiger partial charge >= 0.3 is 6.09 Å². The summed E-state index contributed by atoms with van der Waals surface area (Å²) in [5, 5.41) is 13.8. The number of pyridine rings is 2. The first-order valence-corrected chi connectivity index (χ1v) is 14.3. The van der Waals surface area contributed by atoms with Gasteiger partial charge in [0, 0.05) is 18.8 Å². The quantitative estimate of drug-likeness (QED) is 0.300. The first kappa shape index (κ1) is 27.0. The molecule has 15 heteroatoms. The highest BCUT2D eigenvalue weighted by atomic mass is 35.5. The molecule has 39 heavy (non-hydrogen) atoms. The average Bonchev–Trinajstić information content (AvgIpc) is 3.50. The Bertz CT molecular complexity index is 1520. The summed E-state index contributed by atoms with van der Waals surface area (Å²) in [5.74, 6) is 0.126. The van der Waals surface area contributed by atoms with E-state index in [0.29, 0.717) is 41.9 Å². The van der Waals surface area contributed by atoms with Crippen LogP contribution in [0.3, 0.4) is 0 Å². The van der Waals surface area contributed by atoms with Gasteiger partial charge in [-0.05, 0) is 50.3 Å². The molecule has 0 spiro atoms. The van der Waals surface area contributed by atoms with Crippen molar-refractivity contribution >= 4 is 45.2 Å². The SMILES string of the molecule is C[C@@H](OC(=O)Nc1c(-c2ccc(NC(=O)C34CC(C3)[C@H](OS(C)(=O)=O)C4)cn2)nnn1C)c1cccnc1Cl. The monoisotopic (exact) mass is 575 g/mol. The molecular formula is C24H26ClN7O6S. The predicted octanol–water partition coefficient (Wildman–Crippen LogP) is 3.32. The van der Waals surface area contributed by atoms with Crippen LogP contribution in [0.5, 0.6) is 0 Å². The van der Waals surface area contributed by atoms with Gasteiger partial charge in [-0.1, -0.05) is 22.9 Å². The first-order valence-electron chi connectivity index (χ1n) is 12.1. The Kier molecular flexibility index (Phi) is 7.03. The van der Waals surface area contributed by atoms with Crippen LogP contribution in [0.2, 0.25) is 5.15 Å². The molecule has 206 valence electrons. The number of nitrogens with one attached hydrogen (secondary N) is 2. The Morgan fingerprint density at radius 1 is 1.18 bits per heavy atom. The third-order valence-electron chi connectivity index (χ3n) is 7.02. The second-order valence-corrected chi connectivity index (χ2v) is 11.8. The molecule has 3 aromatic heterocycles. The molecule has 0 radical (unpaired) electrons. The Balaban J connectivity index is 1.23. The molecule has 6 rings (SSSR count). The summed E-state index contributed by atoms with van der Waals surface area (Å²) in [4.78, 5) is 34.0. The fourth-order valence-corrected chi connectivity index (χ4v) is 6.08. The number of nitrogens with zero attached hydrogens (tertiary/aromatic N) is 5. The van der Waals surface area contributed by atoms with E-state index in [4.69, 9.17) is 20.5 Å². The van der Waals surface area contributed by atoms with E-state index < -0.39 is 33.8 Å². The summed E-state index contributed by atoms with van der Waals surface area (Å²) < 4.78 is 34.9. The second-order valence-electron chi connectivity index (χ2n) is 9.84. The second kappa shape index (κ2) is 10.2. The number of hydrogen-bond donors (Lipinski definition) is 2.